The maximum atomic E-state index is 11.6. The standard InChI is InChI=1S/C22H30N4O4S2/c1-17(24-20-12-11-19(32(23,29)30)16-21(20)26(27)28)15-22(25-13-7-2-3-8-14-25)31-18-9-5-4-6-10-18/h4-6,9-12,16-17,22,24H,2-3,7-8,13-15H2,1H3,(H2,23,29,30)/t17-,22+/m1/s1. The molecular formula is C22H30N4O4S2. The molecule has 1 aliphatic rings. The molecule has 174 valence electrons. The number of benzene rings is 2. The number of anilines is 1. The molecule has 3 rings (SSSR count). The van der Waals surface area contributed by atoms with Crippen molar-refractivity contribution in [2.45, 2.75) is 60.2 Å². The molecule has 3 N–H and O–H groups in total. The summed E-state index contributed by atoms with van der Waals surface area (Å²) in [6, 6.07) is 13.9. The Hall–Kier alpha value is -2.14. The van der Waals surface area contributed by atoms with Gasteiger partial charge in [-0.25, -0.2) is 13.6 Å². The Kier molecular flexibility index (Phi) is 8.52. The number of hydrogen-bond donors (Lipinski definition) is 2. The molecule has 0 radical (unpaired) electrons. The number of nitrogens with two attached hydrogens (primary N) is 1. The normalized spacial score (nSPS) is 17.3. The highest BCUT2D eigenvalue weighted by atomic mass is 32.2. The SMILES string of the molecule is C[C@H](C[C@H](Sc1ccccc1)N1CCCCCC1)Nc1ccc(S(N)(=O)=O)cc1[N+](=O)[O-]. The third-order valence-electron chi connectivity index (χ3n) is 5.51. The Bertz CT molecular complexity index is 1010. The summed E-state index contributed by atoms with van der Waals surface area (Å²) in [5.41, 5.74) is -0.0142. The van der Waals surface area contributed by atoms with Crippen LogP contribution in [0, 0.1) is 10.1 Å². The predicted molar refractivity (Wildman–Crippen MR) is 128 cm³/mol. The van der Waals surface area contributed by atoms with Gasteiger partial charge in [0, 0.05) is 17.0 Å². The number of rotatable bonds is 9. The predicted octanol–water partition coefficient (Wildman–Crippen LogP) is 4.43. The van der Waals surface area contributed by atoms with Gasteiger partial charge in [-0.1, -0.05) is 31.0 Å². The second-order valence-electron chi connectivity index (χ2n) is 8.10. The molecule has 2 aromatic rings. The van der Waals surface area contributed by atoms with E-state index in [9.17, 15) is 18.5 Å². The van der Waals surface area contributed by atoms with Crippen LogP contribution in [0.4, 0.5) is 11.4 Å². The minimum absolute atomic E-state index is 0.0708. The number of nitrogens with one attached hydrogen (secondary N) is 1. The minimum Gasteiger partial charge on any atom is -0.377 e. The van der Waals surface area contributed by atoms with Gasteiger partial charge in [-0.15, -0.1) is 11.8 Å². The van der Waals surface area contributed by atoms with Crippen molar-refractivity contribution in [1.82, 2.24) is 4.90 Å². The molecule has 0 bridgehead atoms. The van der Waals surface area contributed by atoms with Crippen LogP contribution < -0.4 is 10.5 Å². The third-order valence-corrected chi connectivity index (χ3v) is 7.73. The van der Waals surface area contributed by atoms with Crippen LogP contribution in [-0.4, -0.2) is 42.7 Å². The molecular weight excluding hydrogens is 448 g/mol. The number of hydrogen-bond acceptors (Lipinski definition) is 7. The molecule has 1 saturated heterocycles. The summed E-state index contributed by atoms with van der Waals surface area (Å²) >= 11 is 1.82. The summed E-state index contributed by atoms with van der Waals surface area (Å²) in [5, 5.41) is 20.1. The first-order valence-corrected chi connectivity index (χ1v) is 13.2. The van der Waals surface area contributed by atoms with Gasteiger partial charge in [0.2, 0.25) is 10.0 Å². The number of likely N-dealkylation sites (tertiary alicyclic amines) is 1. The molecule has 1 heterocycles. The lowest BCUT2D eigenvalue weighted by Crippen LogP contribution is -2.37. The van der Waals surface area contributed by atoms with E-state index in [0.717, 1.165) is 25.6 Å². The number of nitro groups is 1. The Morgan fingerprint density at radius 3 is 2.38 bits per heavy atom. The second kappa shape index (κ2) is 11.1. The average Bonchev–Trinajstić information content (AvgIpc) is 3.03. The summed E-state index contributed by atoms with van der Waals surface area (Å²) in [6.45, 7) is 4.08. The summed E-state index contributed by atoms with van der Waals surface area (Å²) in [5.74, 6) is 0. The topological polar surface area (TPSA) is 119 Å². The number of sulfonamides is 1. The first kappa shape index (κ1) is 24.5. The third kappa shape index (κ3) is 6.93. The fraction of sp³-hybridized carbons (Fsp3) is 0.455. The summed E-state index contributed by atoms with van der Waals surface area (Å²) in [4.78, 5) is 14.4. The van der Waals surface area contributed by atoms with Gasteiger partial charge >= 0.3 is 0 Å². The van der Waals surface area contributed by atoms with Gasteiger partial charge in [-0.3, -0.25) is 15.0 Å². The lowest BCUT2D eigenvalue weighted by atomic mass is 10.2. The zero-order chi connectivity index (χ0) is 23.1. The maximum absolute atomic E-state index is 11.6. The van der Waals surface area contributed by atoms with Crippen molar-refractivity contribution in [3.63, 3.8) is 0 Å². The van der Waals surface area contributed by atoms with Crippen molar-refractivity contribution in [3.05, 3.63) is 58.6 Å². The molecule has 0 saturated carbocycles. The molecule has 8 nitrogen and oxygen atoms in total. The van der Waals surface area contributed by atoms with Crippen LogP contribution in [0.1, 0.15) is 39.0 Å². The number of nitro benzene ring substituents is 1. The van der Waals surface area contributed by atoms with Gasteiger partial charge in [-0.05, 0) is 63.5 Å². The Labute approximate surface area is 193 Å². The van der Waals surface area contributed by atoms with Gasteiger partial charge in [0.1, 0.15) is 5.69 Å². The van der Waals surface area contributed by atoms with Crippen LogP contribution in [0.2, 0.25) is 0 Å². The highest BCUT2D eigenvalue weighted by molar-refractivity contribution is 7.99. The number of thioether (sulfide) groups is 1. The summed E-state index contributed by atoms with van der Waals surface area (Å²) < 4.78 is 23.2. The van der Waals surface area contributed by atoms with Crippen LogP contribution in [-0.2, 0) is 10.0 Å². The smallest absolute Gasteiger partial charge is 0.293 e. The molecule has 0 unspecified atom stereocenters. The molecule has 1 fully saturated rings. The molecule has 2 aromatic carbocycles. The van der Waals surface area contributed by atoms with Gasteiger partial charge in [0.05, 0.1) is 15.2 Å². The number of primary sulfonamides is 1. The highest BCUT2D eigenvalue weighted by Crippen LogP contribution is 2.33. The fourth-order valence-corrected chi connectivity index (χ4v) is 5.81. The van der Waals surface area contributed by atoms with Gasteiger partial charge < -0.3 is 5.32 Å². The average molecular weight is 479 g/mol. The van der Waals surface area contributed by atoms with E-state index < -0.39 is 14.9 Å². The first-order chi connectivity index (χ1) is 15.2. The number of nitrogens with zero attached hydrogens (tertiary/aromatic N) is 2. The lowest BCUT2D eigenvalue weighted by molar-refractivity contribution is -0.384. The molecule has 0 aliphatic carbocycles. The Morgan fingerprint density at radius 2 is 1.78 bits per heavy atom. The van der Waals surface area contributed by atoms with Crippen molar-refractivity contribution in [2.24, 2.45) is 5.14 Å². The largest absolute Gasteiger partial charge is 0.377 e. The highest BCUT2D eigenvalue weighted by Gasteiger charge is 2.25. The monoisotopic (exact) mass is 478 g/mol. The van der Waals surface area contributed by atoms with Crippen LogP contribution in [0.15, 0.2) is 58.3 Å². The summed E-state index contributed by atoms with van der Waals surface area (Å²) in [7, 11) is -4.02. The van der Waals surface area contributed by atoms with Gasteiger partial charge in [0.15, 0.2) is 0 Å². The zero-order valence-corrected chi connectivity index (χ0v) is 19.8. The molecule has 0 amide bonds. The molecule has 2 atom stereocenters. The van der Waals surface area contributed by atoms with Crippen molar-refractivity contribution in [3.8, 4) is 0 Å². The van der Waals surface area contributed by atoms with Crippen LogP contribution >= 0.6 is 11.8 Å². The van der Waals surface area contributed by atoms with Crippen molar-refractivity contribution in [1.29, 1.82) is 0 Å². The van der Waals surface area contributed by atoms with Gasteiger partial charge in [-0.2, -0.15) is 0 Å². The molecule has 32 heavy (non-hydrogen) atoms. The van der Waals surface area contributed by atoms with E-state index >= 15 is 0 Å². The summed E-state index contributed by atoms with van der Waals surface area (Å²) in [6.07, 6.45) is 5.61. The van der Waals surface area contributed by atoms with Crippen molar-refractivity contribution < 1.29 is 13.3 Å². The van der Waals surface area contributed by atoms with Crippen molar-refractivity contribution in [2.75, 3.05) is 18.4 Å². The minimum atomic E-state index is -4.02. The van der Waals surface area contributed by atoms with E-state index in [1.165, 1.54) is 42.7 Å². The van der Waals surface area contributed by atoms with E-state index in [4.69, 9.17) is 5.14 Å². The second-order valence-corrected chi connectivity index (χ2v) is 10.9. The maximum Gasteiger partial charge on any atom is 0.293 e. The fourth-order valence-electron chi connectivity index (χ4n) is 3.90. The van der Waals surface area contributed by atoms with Gasteiger partial charge in [0.25, 0.3) is 5.69 Å². The molecule has 10 heteroatoms. The van der Waals surface area contributed by atoms with Crippen LogP contribution in [0.25, 0.3) is 0 Å². The van der Waals surface area contributed by atoms with E-state index in [2.05, 4.69) is 22.3 Å². The van der Waals surface area contributed by atoms with E-state index in [1.807, 2.05) is 36.9 Å². The van der Waals surface area contributed by atoms with Crippen LogP contribution in [0.5, 0.6) is 0 Å². The molecule has 0 aromatic heterocycles. The zero-order valence-electron chi connectivity index (χ0n) is 18.1. The quantitative estimate of drug-likeness (QED) is 0.311. The first-order valence-electron chi connectivity index (χ1n) is 10.8. The van der Waals surface area contributed by atoms with E-state index in [0.29, 0.717) is 0 Å². The van der Waals surface area contributed by atoms with E-state index in [-0.39, 0.29) is 27.7 Å². The lowest BCUT2D eigenvalue weighted by Gasteiger charge is -2.32. The van der Waals surface area contributed by atoms with E-state index in [1.54, 1.807) is 0 Å². The Balaban J connectivity index is 1.78. The molecule has 0 spiro atoms. The van der Waals surface area contributed by atoms with Crippen LogP contribution in [0.3, 0.4) is 0 Å². The Morgan fingerprint density at radius 1 is 1.12 bits per heavy atom. The molecule has 1 aliphatic heterocycles. The van der Waals surface area contributed by atoms with Crippen molar-refractivity contribution >= 4 is 33.2 Å².